The summed E-state index contributed by atoms with van der Waals surface area (Å²) in [6.45, 7) is 3.71. The first-order valence-electron chi connectivity index (χ1n) is 5.42. The Morgan fingerprint density at radius 3 is 2.75 bits per heavy atom. The highest BCUT2D eigenvalue weighted by atomic mass is 35.5. The molecule has 1 aromatic carbocycles. The van der Waals surface area contributed by atoms with Crippen LogP contribution in [0.25, 0.3) is 0 Å². The fourth-order valence-corrected chi connectivity index (χ4v) is 1.85. The molecule has 0 aliphatic carbocycles. The Morgan fingerprint density at radius 1 is 1.31 bits per heavy atom. The summed E-state index contributed by atoms with van der Waals surface area (Å²) in [4.78, 5) is 0. The first-order valence-corrected chi connectivity index (χ1v) is 6.61. The zero-order chi connectivity index (χ0) is 12.0. The molecule has 0 aliphatic heterocycles. The number of rotatable bonds is 6. The number of benzene rings is 1. The fourth-order valence-electron chi connectivity index (χ4n) is 1.36. The van der Waals surface area contributed by atoms with Crippen LogP contribution in [-0.4, -0.2) is 11.9 Å². The Balaban J connectivity index is 2.34. The summed E-state index contributed by atoms with van der Waals surface area (Å²) in [7, 11) is 0. The fraction of sp³-hybridized carbons (Fsp3) is 0.500. The Kier molecular flexibility index (Phi) is 6.52. The normalized spacial score (nSPS) is 12.8. The maximum atomic E-state index is 6.04. The van der Waals surface area contributed by atoms with Crippen LogP contribution >= 0.6 is 34.8 Å². The molecule has 1 aromatic rings. The molecule has 0 fully saturated rings. The quantitative estimate of drug-likeness (QED) is 0.598. The molecule has 0 saturated carbocycles. The van der Waals surface area contributed by atoms with Gasteiger partial charge in [0.25, 0.3) is 0 Å². The minimum atomic E-state index is 0.252. The number of alkyl halides is 1. The average molecular weight is 281 g/mol. The molecule has 0 bridgehead atoms. The van der Waals surface area contributed by atoms with Crippen LogP contribution in [-0.2, 0) is 6.54 Å². The molecule has 1 unspecified atom stereocenters. The van der Waals surface area contributed by atoms with Gasteiger partial charge < -0.3 is 5.32 Å². The monoisotopic (exact) mass is 279 g/mol. The minimum absolute atomic E-state index is 0.252. The molecule has 0 spiro atoms. The van der Waals surface area contributed by atoms with Gasteiger partial charge in [0.1, 0.15) is 0 Å². The molecule has 90 valence electrons. The van der Waals surface area contributed by atoms with Gasteiger partial charge in [-0.2, -0.15) is 0 Å². The Bertz CT molecular complexity index is 328. The van der Waals surface area contributed by atoms with Crippen LogP contribution in [0.2, 0.25) is 10.0 Å². The van der Waals surface area contributed by atoms with E-state index in [2.05, 4.69) is 12.2 Å². The van der Waals surface area contributed by atoms with Gasteiger partial charge in [-0.05, 0) is 43.1 Å². The smallest absolute Gasteiger partial charge is 0.0451 e. The Labute approximate surface area is 112 Å². The summed E-state index contributed by atoms with van der Waals surface area (Å²) in [6, 6.07) is 5.49. The highest BCUT2D eigenvalue weighted by Gasteiger charge is 2.03. The van der Waals surface area contributed by atoms with Crippen molar-refractivity contribution in [1.29, 1.82) is 0 Å². The molecule has 0 aliphatic rings. The third kappa shape index (κ3) is 4.92. The van der Waals surface area contributed by atoms with Crippen molar-refractivity contribution in [1.82, 2.24) is 5.32 Å². The maximum Gasteiger partial charge on any atom is 0.0451 e. The van der Waals surface area contributed by atoms with Gasteiger partial charge in [0, 0.05) is 22.0 Å². The van der Waals surface area contributed by atoms with E-state index in [-0.39, 0.29) is 5.38 Å². The third-order valence-electron chi connectivity index (χ3n) is 2.40. The lowest BCUT2D eigenvalue weighted by Crippen LogP contribution is -2.18. The summed E-state index contributed by atoms with van der Waals surface area (Å²) in [6.07, 6.45) is 1.97. The molecule has 0 radical (unpaired) electrons. The highest BCUT2D eigenvalue weighted by molar-refractivity contribution is 6.33. The van der Waals surface area contributed by atoms with E-state index >= 15 is 0 Å². The summed E-state index contributed by atoms with van der Waals surface area (Å²) < 4.78 is 0. The molecule has 1 atom stereocenters. The van der Waals surface area contributed by atoms with Crippen molar-refractivity contribution in [2.45, 2.75) is 31.7 Å². The van der Waals surface area contributed by atoms with E-state index in [1.807, 2.05) is 12.1 Å². The van der Waals surface area contributed by atoms with Gasteiger partial charge in [-0.3, -0.25) is 0 Å². The van der Waals surface area contributed by atoms with Crippen molar-refractivity contribution in [3.05, 3.63) is 33.8 Å². The molecule has 0 saturated heterocycles. The molecule has 1 N–H and O–H groups in total. The van der Waals surface area contributed by atoms with Gasteiger partial charge in [0.05, 0.1) is 0 Å². The van der Waals surface area contributed by atoms with Crippen LogP contribution < -0.4 is 5.32 Å². The van der Waals surface area contributed by atoms with Crippen LogP contribution in [0.1, 0.15) is 25.3 Å². The zero-order valence-corrected chi connectivity index (χ0v) is 11.5. The number of halogens is 3. The SMILES string of the molecule is CCC(Cl)CCNCc1cc(Cl)ccc1Cl. The topological polar surface area (TPSA) is 12.0 Å². The van der Waals surface area contributed by atoms with Crippen molar-refractivity contribution < 1.29 is 0 Å². The molecule has 1 rings (SSSR count). The zero-order valence-electron chi connectivity index (χ0n) is 9.27. The second kappa shape index (κ2) is 7.39. The minimum Gasteiger partial charge on any atom is -0.313 e. The number of hydrogen-bond acceptors (Lipinski definition) is 1. The van der Waals surface area contributed by atoms with Crippen molar-refractivity contribution >= 4 is 34.8 Å². The Hall–Kier alpha value is 0.0500. The first-order chi connectivity index (χ1) is 7.63. The van der Waals surface area contributed by atoms with Gasteiger partial charge in [0.15, 0.2) is 0 Å². The van der Waals surface area contributed by atoms with E-state index in [1.165, 1.54) is 0 Å². The molecule has 0 aromatic heterocycles. The highest BCUT2D eigenvalue weighted by Crippen LogP contribution is 2.20. The molecule has 16 heavy (non-hydrogen) atoms. The lowest BCUT2D eigenvalue weighted by atomic mass is 10.2. The molecule has 1 nitrogen and oxygen atoms in total. The standard InChI is InChI=1S/C12H16Cl3N/c1-2-10(13)5-6-16-8-9-7-11(14)3-4-12(9)15/h3-4,7,10,16H,2,5-6,8H2,1H3. The van der Waals surface area contributed by atoms with E-state index in [4.69, 9.17) is 34.8 Å². The molecule has 4 heteroatoms. The van der Waals surface area contributed by atoms with Crippen molar-refractivity contribution in [2.24, 2.45) is 0 Å². The molecular formula is C12H16Cl3N. The van der Waals surface area contributed by atoms with Crippen LogP contribution in [0.3, 0.4) is 0 Å². The molecular weight excluding hydrogens is 264 g/mol. The van der Waals surface area contributed by atoms with Crippen molar-refractivity contribution in [3.8, 4) is 0 Å². The van der Waals surface area contributed by atoms with Crippen LogP contribution in [0.4, 0.5) is 0 Å². The van der Waals surface area contributed by atoms with Gasteiger partial charge >= 0.3 is 0 Å². The summed E-state index contributed by atoms with van der Waals surface area (Å²) in [5.41, 5.74) is 1.02. The van der Waals surface area contributed by atoms with Gasteiger partial charge in [-0.25, -0.2) is 0 Å². The van der Waals surface area contributed by atoms with Crippen LogP contribution in [0.5, 0.6) is 0 Å². The third-order valence-corrected chi connectivity index (χ3v) is 3.53. The van der Waals surface area contributed by atoms with E-state index < -0.39 is 0 Å². The summed E-state index contributed by atoms with van der Waals surface area (Å²) >= 11 is 18.0. The van der Waals surface area contributed by atoms with E-state index in [9.17, 15) is 0 Å². The summed E-state index contributed by atoms with van der Waals surface area (Å²) in [5.74, 6) is 0. The Morgan fingerprint density at radius 2 is 2.06 bits per heavy atom. The largest absolute Gasteiger partial charge is 0.313 e. The van der Waals surface area contributed by atoms with Crippen LogP contribution in [0.15, 0.2) is 18.2 Å². The lowest BCUT2D eigenvalue weighted by molar-refractivity contribution is 0.622. The maximum absolute atomic E-state index is 6.04. The van der Waals surface area contributed by atoms with Gasteiger partial charge in [0.2, 0.25) is 0 Å². The summed E-state index contributed by atoms with van der Waals surface area (Å²) in [5, 5.41) is 5.02. The average Bonchev–Trinajstić information content (AvgIpc) is 2.28. The predicted molar refractivity (Wildman–Crippen MR) is 72.7 cm³/mol. The number of nitrogens with one attached hydrogen (secondary N) is 1. The van der Waals surface area contributed by atoms with E-state index in [0.29, 0.717) is 5.02 Å². The molecule has 0 heterocycles. The van der Waals surface area contributed by atoms with Crippen LogP contribution in [0, 0.1) is 0 Å². The van der Waals surface area contributed by atoms with Gasteiger partial charge in [-0.1, -0.05) is 30.1 Å². The second-order valence-electron chi connectivity index (χ2n) is 3.71. The predicted octanol–water partition coefficient (Wildman–Crippen LogP) is 4.49. The lowest BCUT2D eigenvalue weighted by Gasteiger charge is -2.09. The van der Waals surface area contributed by atoms with E-state index in [1.54, 1.807) is 6.07 Å². The van der Waals surface area contributed by atoms with E-state index in [0.717, 1.165) is 36.5 Å². The number of hydrogen-bond donors (Lipinski definition) is 1. The first kappa shape index (κ1) is 14.1. The van der Waals surface area contributed by atoms with Crippen molar-refractivity contribution in [3.63, 3.8) is 0 Å². The second-order valence-corrected chi connectivity index (χ2v) is 5.17. The molecule has 0 amide bonds. The van der Waals surface area contributed by atoms with Crippen molar-refractivity contribution in [2.75, 3.05) is 6.54 Å². The van der Waals surface area contributed by atoms with Gasteiger partial charge in [-0.15, -0.1) is 11.6 Å².